The zero-order valence-corrected chi connectivity index (χ0v) is 10.6. The molecular weight excluding hydrogens is 212 g/mol. The highest BCUT2D eigenvalue weighted by atomic mass is 16.1. The number of hydrogen-bond acceptors (Lipinski definition) is 1. The third-order valence-electron chi connectivity index (χ3n) is 3.73. The minimum Gasteiger partial charge on any atom is -0.351 e. The van der Waals surface area contributed by atoms with Gasteiger partial charge in [-0.25, -0.2) is 0 Å². The molecule has 0 spiro atoms. The lowest BCUT2D eigenvalue weighted by Gasteiger charge is -2.09. The Kier molecular flexibility index (Phi) is 4.24. The maximum absolute atomic E-state index is 11.8. The predicted molar refractivity (Wildman–Crippen MR) is 68.9 cm³/mol. The average molecular weight is 234 g/mol. The molecule has 0 radical (unpaired) electrons. The van der Waals surface area contributed by atoms with Crippen molar-refractivity contribution in [2.45, 2.75) is 38.5 Å². The Morgan fingerprint density at radius 2 is 2.24 bits per heavy atom. The van der Waals surface area contributed by atoms with Crippen LogP contribution in [0.4, 0.5) is 0 Å². The van der Waals surface area contributed by atoms with Gasteiger partial charge < -0.3 is 9.88 Å². The highest BCUT2D eigenvalue weighted by Crippen LogP contribution is 2.28. The van der Waals surface area contributed by atoms with Gasteiger partial charge >= 0.3 is 0 Å². The second-order valence-electron chi connectivity index (χ2n) is 5.05. The van der Waals surface area contributed by atoms with Gasteiger partial charge in [0.25, 0.3) is 5.91 Å². The lowest BCUT2D eigenvalue weighted by molar-refractivity contribution is 0.0944. The number of carbonyl (C=O) groups is 1. The van der Waals surface area contributed by atoms with E-state index >= 15 is 0 Å². The van der Waals surface area contributed by atoms with Crippen molar-refractivity contribution < 1.29 is 4.79 Å². The zero-order chi connectivity index (χ0) is 12.1. The van der Waals surface area contributed by atoms with Gasteiger partial charge in [-0.1, -0.05) is 25.7 Å². The van der Waals surface area contributed by atoms with Crippen LogP contribution in [0.15, 0.2) is 18.3 Å². The van der Waals surface area contributed by atoms with Gasteiger partial charge in [0.2, 0.25) is 0 Å². The maximum atomic E-state index is 11.8. The van der Waals surface area contributed by atoms with E-state index in [0.717, 1.165) is 24.6 Å². The van der Waals surface area contributed by atoms with Crippen LogP contribution < -0.4 is 5.32 Å². The number of rotatable bonds is 5. The second kappa shape index (κ2) is 5.89. The monoisotopic (exact) mass is 234 g/mol. The molecule has 1 aliphatic carbocycles. The number of amides is 1. The van der Waals surface area contributed by atoms with E-state index in [0.29, 0.717) is 0 Å². The van der Waals surface area contributed by atoms with E-state index in [4.69, 9.17) is 0 Å². The van der Waals surface area contributed by atoms with Crippen LogP contribution >= 0.6 is 0 Å². The van der Waals surface area contributed by atoms with Crippen LogP contribution in [0.1, 0.15) is 49.0 Å². The molecule has 3 nitrogen and oxygen atoms in total. The van der Waals surface area contributed by atoms with E-state index in [1.807, 2.05) is 29.9 Å². The molecule has 1 fully saturated rings. The summed E-state index contributed by atoms with van der Waals surface area (Å²) in [5.41, 5.74) is 0.742. The third kappa shape index (κ3) is 3.35. The molecule has 0 aliphatic heterocycles. The number of aryl methyl sites for hydroxylation is 1. The number of carbonyl (C=O) groups excluding carboxylic acids is 1. The van der Waals surface area contributed by atoms with E-state index in [1.165, 1.54) is 32.1 Å². The fraction of sp³-hybridized carbons (Fsp3) is 0.643. The molecule has 1 N–H and O–H groups in total. The highest BCUT2D eigenvalue weighted by Gasteiger charge is 2.14. The number of aromatic nitrogens is 1. The largest absolute Gasteiger partial charge is 0.351 e. The molecule has 2 rings (SSSR count). The Morgan fingerprint density at radius 3 is 2.88 bits per heavy atom. The van der Waals surface area contributed by atoms with E-state index in [2.05, 4.69) is 5.32 Å². The first-order valence-electron chi connectivity index (χ1n) is 6.67. The lowest BCUT2D eigenvalue weighted by atomic mass is 10.0. The molecule has 1 amide bonds. The van der Waals surface area contributed by atoms with Crippen LogP contribution in [0, 0.1) is 5.92 Å². The predicted octanol–water partition coefficient (Wildman–Crippen LogP) is 2.73. The van der Waals surface area contributed by atoms with Gasteiger partial charge in [-0.15, -0.1) is 0 Å². The number of nitrogens with one attached hydrogen (secondary N) is 1. The second-order valence-corrected chi connectivity index (χ2v) is 5.05. The fourth-order valence-corrected chi connectivity index (χ4v) is 2.68. The van der Waals surface area contributed by atoms with E-state index < -0.39 is 0 Å². The lowest BCUT2D eigenvalue weighted by Crippen LogP contribution is -2.26. The van der Waals surface area contributed by atoms with Crippen molar-refractivity contribution in [3.8, 4) is 0 Å². The molecule has 1 heterocycles. The van der Waals surface area contributed by atoms with Crippen molar-refractivity contribution in [1.82, 2.24) is 9.88 Å². The summed E-state index contributed by atoms with van der Waals surface area (Å²) in [6.07, 6.45) is 9.87. The van der Waals surface area contributed by atoms with Crippen LogP contribution in [0.25, 0.3) is 0 Å². The van der Waals surface area contributed by atoms with Gasteiger partial charge in [-0.3, -0.25) is 4.79 Å². The van der Waals surface area contributed by atoms with Gasteiger partial charge in [0.15, 0.2) is 0 Å². The Hall–Kier alpha value is -1.25. The summed E-state index contributed by atoms with van der Waals surface area (Å²) in [5, 5.41) is 2.99. The summed E-state index contributed by atoms with van der Waals surface area (Å²) in [5.74, 6) is 0.964. The molecule has 1 saturated carbocycles. The summed E-state index contributed by atoms with van der Waals surface area (Å²) in [4.78, 5) is 11.8. The maximum Gasteiger partial charge on any atom is 0.267 e. The quantitative estimate of drug-likeness (QED) is 0.781. The van der Waals surface area contributed by atoms with Gasteiger partial charge in [0, 0.05) is 19.8 Å². The summed E-state index contributed by atoms with van der Waals surface area (Å²) in [6, 6.07) is 3.75. The van der Waals surface area contributed by atoms with Gasteiger partial charge in [-0.2, -0.15) is 0 Å². The summed E-state index contributed by atoms with van der Waals surface area (Å²) in [7, 11) is 1.90. The first-order valence-corrected chi connectivity index (χ1v) is 6.67. The van der Waals surface area contributed by atoms with E-state index in [1.54, 1.807) is 0 Å². The molecule has 0 bridgehead atoms. The highest BCUT2D eigenvalue weighted by molar-refractivity contribution is 5.92. The molecule has 1 aromatic rings. The molecule has 17 heavy (non-hydrogen) atoms. The minimum absolute atomic E-state index is 0.0453. The molecule has 0 unspecified atom stereocenters. The van der Waals surface area contributed by atoms with Crippen LogP contribution in [0.2, 0.25) is 0 Å². The van der Waals surface area contributed by atoms with Crippen LogP contribution in [-0.2, 0) is 7.05 Å². The summed E-state index contributed by atoms with van der Waals surface area (Å²) in [6.45, 7) is 0.806. The average Bonchev–Trinajstić information content (AvgIpc) is 2.95. The SMILES string of the molecule is Cn1cccc1C(=O)NCCCC1CCCC1. The van der Waals surface area contributed by atoms with Crippen molar-refractivity contribution in [1.29, 1.82) is 0 Å². The number of hydrogen-bond donors (Lipinski definition) is 1. The zero-order valence-electron chi connectivity index (χ0n) is 10.6. The van der Waals surface area contributed by atoms with Gasteiger partial charge in [0.1, 0.15) is 5.69 Å². The molecule has 1 aromatic heterocycles. The molecule has 0 aromatic carbocycles. The Bertz CT molecular complexity index is 364. The summed E-state index contributed by atoms with van der Waals surface area (Å²) < 4.78 is 1.85. The molecule has 3 heteroatoms. The standard InChI is InChI=1S/C14H22N2O/c1-16-11-5-9-13(16)14(17)15-10-4-8-12-6-2-3-7-12/h5,9,11-12H,2-4,6-8,10H2,1H3,(H,15,17). The Labute approximate surface area is 103 Å². The number of nitrogens with zero attached hydrogens (tertiary/aromatic N) is 1. The fourth-order valence-electron chi connectivity index (χ4n) is 2.68. The smallest absolute Gasteiger partial charge is 0.267 e. The summed E-state index contributed by atoms with van der Waals surface area (Å²) >= 11 is 0. The topological polar surface area (TPSA) is 34.0 Å². The molecule has 0 atom stereocenters. The Balaban J connectivity index is 1.65. The van der Waals surface area contributed by atoms with Crippen LogP contribution in [0.3, 0.4) is 0 Å². The Morgan fingerprint density at radius 1 is 1.47 bits per heavy atom. The first-order chi connectivity index (χ1) is 8.27. The van der Waals surface area contributed by atoms with Crippen molar-refractivity contribution in [2.75, 3.05) is 6.54 Å². The van der Waals surface area contributed by atoms with Gasteiger partial charge in [-0.05, 0) is 30.9 Å². The van der Waals surface area contributed by atoms with Crippen molar-refractivity contribution in [3.63, 3.8) is 0 Å². The van der Waals surface area contributed by atoms with Crippen LogP contribution in [0.5, 0.6) is 0 Å². The van der Waals surface area contributed by atoms with Crippen LogP contribution in [-0.4, -0.2) is 17.0 Å². The van der Waals surface area contributed by atoms with Gasteiger partial charge in [0.05, 0.1) is 0 Å². The third-order valence-corrected chi connectivity index (χ3v) is 3.73. The molecule has 94 valence electrons. The van der Waals surface area contributed by atoms with E-state index in [9.17, 15) is 4.79 Å². The minimum atomic E-state index is 0.0453. The van der Waals surface area contributed by atoms with Crippen molar-refractivity contribution >= 4 is 5.91 Å². The molecule has 1 aliphatic rings. The molecular formula is C14H22N2O. The normalized spacial score (nSPS) is 16.3. The van der Waals surface area contributed by atoms with Crippen molar-refractivity contribution in [2.24, 2.45) is 13.0 Å². The van der Waals surface area contributed by atoms with E-state index in [-0.39, 0.29) is 5.91 Å². The molecule has 0 saturated heterocycles. The first kappa shape index (κ1) is 12.2. The van der Waals surface area contributed by atoms with Crippen molar-refractivity contribution in [3.05, 3.63) is 24.0 Å².